The van der Waals surface area contributed by atoms with Crippen molar-refractivity contribution in [2.45, 2.75) is 16.4 Å². The second kappa shape index (κ2) is 5.96. The number of thioether (sulfide) groups is 1. The lowest BCUT2D eigenvalue weighted by Crippen LogP contribution is -2.12. The lowest BCUT2D eigenvalue weighted by atomic mass is 10.3. The quantitative estimate of drug-likeness (QED) is 0.833. The van der Waals surface area contributed by atoms with E-state index < -0.39 is 10.0 Å². The number of hydrogen-bond acceptors (Lipinski definition) is 5. The van der Waals surface area contributed by atoms with E-state index >= 15 is 0 Å². The first-order valence-corrected chi connectivity index (χ1v) is 8.99. The van der Waals surface area contributed by atoms with Crippen molar-refractivity contribution in [1.82, 2.24) is 0 Å². The van der Waals surface area contributed by atoms with Gasteiger partial charge < -0.3 is 5.11 Å². The van der Waals surface area contributed by atoms with Gasteiger partial charge in [-0.15, -0.1) is 23.1 Å². The summed E-state index contributed by atoms with van der Waals surface area (Å²) in [4.78, 5) is 1.67. The van der Waals surface area contributed by atoms with Gasteiger partial charge in [0.05, 0.1) is 17.2 Å². The van der Waals surface area contributed by atoms with Crippen LogP contribution in [-0.4, -0.2) is 19.8 Å². The van der Waals surface area contributed by atoms with E-state index in [0.29, 0.717) is 10.6 Å². The van der Waals surface area contributed by atoms with Crippen LogP contribution in [0.25, 0.3) is 0 Å². The zero-order valence-corrected chi connectivity index (χ0v) is 12.6. The molecular weight excluding hydrogens is 302 g/mol. The molecule has 0 bridgehead atoms. The third-order valence-electron chi connectivity index (χ3n) is 2.45. The molecule has 0 saturated carbocycles. The van der Waals surface area contributed by atoms with Crippen LogP contribution in [-0.2, 0) is 16.6 Å². The normalized spacial score (nSPS) is 11.5. The molecule has 0 spiro atoms. The highest BCUT2D eigenvalue weighted by molar-refractivity contribution is 7.99. The standard InChI is InChI=1S/C12H13NO3S3/c1-17-12-5-3-2-4-11(12)13-19(15,16)10-6-9(7-14)18-8-10/h2-6,8,13-14H,7H2,1H3. The molecule has 0 aliphatic rings. The van der Waals surface area contributed by atoms with E-state index in [4.69, 9.17) is 5.11 Å². The Morgan fingerprint density at radius 3 is 2.74 bits per heavy atom. The third kappa shape index (κ3) is 3.30. The summed E-state index contributed by atoms with van der Waals surface area (Å²) in [5, 5.41) is 10.5. The number of nitrogens with one attached hydrogen (secondary N) is 1. The maximum atomic E-state index is 12.2. The van der Waals surface area contributed by atoms with Crippen LogP contribution in [0.4, 0.5) is 5.69 Å². The summed E-state index contributed by atoms with van der Waals surface area (Å²) in [5.74, 6) is 0. The number of para-hydroxylation sites is 1. The Morgan fingerprint density at radius 2 is 2.11 bits per heavy atom. The fraction of sp³-hybridized carbons (Fsp3) is 0.167. The highest BCUT2D eigenvalue weighted by Gasteiger charge is 2.17. The average Bonchev–Trinajstić information content (AvgIpc) is 2.88. The van der Waals surface area contributed by atoms with Gasteiger partial charge in [0, 0.05) is 15.2 Å². The van der Waals surface area contributed by atoms with E-state index in [1.54, 1.807) is 12.1 Å². The monoisotopic (exact) mass is 315 g/mol. The molecule has 0 unspecified atom stereocenters. The molecular formula is C12H13NO3S3. The van der Waals surface area contributed by atoms with Crippen LogP contribution in [0.3, 0.4) is 0 Å². The highest BCUT2D eigenvalue weighted by atomic mass is 32.2. The van der Waals surface area contributed by atoms with Crippen LogP contribution >= 0.6 is 23.1 Å². The van der Waals surface area contributed by atoms with Crippen molar-refractivity contribution >= 4 is 38.8 Å². The predicted octanol–water partition coefficient (Wildman–Crippen LogP) is 2.76. The van der Waals surface area contributed by atoms with Gasteiger partial charge in [0.1, 0.15) is 0 Å². The fourth-order valence-corrected chi connectivity index (χ4v) is 4.35. The van der Waals surface area contributed by atoms with E-state index in [9.17, 15) is 8.42 Å². The Hall–Kier alpha value is -1.02. The van der Waals surface area contributed by atoms with E-state index in [0.717, 1.165) is 4.90 Å². The van der Waals surface area contributed by atoms with Gasteiger partial charge in [-0.25, -0.2) is 8.42 Å². The lowest BCUT2D eigenvalue weighted by Gasteiger charge is -2.09. The van der Waals surface area contributed by atoms with Crippen molar-refractivity contribution in [3.05, 3.63) is 40.6 Å². The molecule has 0 fully saturated rings. The Kier molecular flexibility index (Phi) is 4.51. The summed E-state index contributed by atoms with van der Waals surface area (Å²) in [7, 11) is -3.60. The molecule has 0 aliphatic heterocycles. The predicted molar refractivity (Wildman–Crippen MR) is 79.3 cm³/mol. The Bertz CT molecular complexity index is 664. The smallest absolute Gasteiger partial charge is 0.262 e. The van der Waals surface area contributed by atoms with Crippen molar-refractivity contribution in [1.29, 1.82) is 0 Å². The topological polar surface area (TPSA) is 66.4 Å². The zero-order valence-electron chi connectivity index (χ0n) is 10.2. The van der Waals surface area contributed by atoms with Crippen molar-refractivity contribution in [2.75, 3.05) is 11.0 Å². The summed E-state index contributed by atoms with van der Waals surface area (Å²) in [6.45, 7) is -0.151. The van der Waals surface area contributed by atoms with Gasteiger partial charge in [-0.1, -0.05) is 12.1 Å². The molecule has 19 heavy (non-hydrogen) atoms. The van der Waals surface area contributed by atoms with Gasteiger partial charge in [0.15, 0.2) is 0 Å². The minimum atomic E-state index is -3.60. The van der Waals surface area contributed by atoms with Crippen LogP contribution in [0.15, 0.2) is 45.5 Å². The molecule has 0 amide bonds. The van der Waals surface area contributed by atoms with Gasteiger partial charge in [-0.05, 0) is 24.5 Å². The summed E-state index contributed by atoms with van der Waals surface area (Å²) in [6.07, 6.45) is 1.89. The van der Waals surface area contributed by atoms with Crippen LogP contribution in [0.5, 0.6) is 0 Å². The highest BCUT2D eigenvalue weighted by Crippen LogP contribution is 2.28. The maximum Gasteiger partial charge on any atom is 0.262 e. The van der Waals surface area contributed by atoms with E-state index in [1.807, 2.05) is 18.4 Å². The number of sulfonamides is 1. The average molecular weight is 315 g/mol. The van der Waals surface area contributed by atoms with Gasteiger partial charge in [-0.2, -0.15) is 0 Å². The molecule has 0 aliphatic carbocycles. The molecule has 0 radical (unpaired) electrons. The van der Waals surface area contributed by atoms with Gasteiger partial charge in [-0.3, -0.25) is 4.72 Å². The molecule has 2 aromatic rings. The number of anilines is 1. The SMILES string of the molecule is CSc1ccccc1NS(=O)(=O)c1csc(CO)c1. The molecule has 1 aromatic heterocycles. The van der Waals surface area contributed by atoms with Crippen molar-refractivity contribution < 1.29 is 13.5 Å². The summed E-state index contributed by atoms with van der Waals surface area (Å²) >= 11 is 2.70. The maximum absolute atomic E-state index is 12.2. The summed E-state index contributed by atoms with van der Waals surface area (Å²) in [5.41, 5.74) is 0.562. The van der Waals surface area contributed by atoms with Crippen LogP contribution < -0.4 is 4.72 Å². The minimum Gasteiger partial charge on any atom is -0.391 e. The van der Waals surface area contributed by atoms with Crippen LogP contribution in [0.2, 0.25) is 0 Å². The second-order valence-corrected chi connectivity index (χ2v) is 7.24. The largest absolute Gasteiger partial charge is 0.391 e. The first-order valence-electron chi connectivity index (χ1n) is 5.41. The first-order chi connectivity index (χ1) is 9.06. The Balaban J connectivity index is 2.31. The number of aliphatic hydroxyl groups excluding tert-OH is 1. The molecule has 1 heterocycles. The van der Waals surface area contributed by atoms with Crippen molar-refractivity contribution in [3.8, 4) is 0 Å². The first kappa shape index (κ1) is 14.4. The Labute approximate surface area is 120 Å². The Morgan fingerprint density at radius 1 is 1.37 bits per heavy atom. The summed E-state index contributed by atoms with van der Waals surface area (Å²) < 4.78 is 27.0. The molecule has 102 valence electrons. The lowest BCUT2D eigenvalue weighted by molar-refractivity contribution is 0.285. The van der Waals surface area contributed by atoms with Gasteiger partial charge in [0.2, 0.25) is 0 Å². The number of benzene rings is 1. The molecule has 0 saturated heterocycles. The molecule has 2 N–H and O–H groups in total. The molecule has 2 rings (SSSR count). The number of aliphatic hydroxyl groups is 1. The molecule has 4 nitrogen and oxygen atoms in total. The second-order valence-electron chi connectivity index (χ2n) is 3.71. The zero-order chi connectivity index (χ0) is 13.9. The van der Waals surface area contributed by atoms with Gasteiger partial charge >= 0.3 is 0 Å². The third-order valence-corrected chi connectivity index (χ3v) is 5.66. The van der Waals surface area contributed by atoms with E-state index in [-0.39, 0.29) is 11.5 Å². The number of thiophene rings is 1. The van der Waals surface area contributed by atoms with Gasteiger partial charge in [0.25, 0.3) is 10.0 Å². The number of hydrogen-bond donors (Lipinski definition) is 2. The summed E-state index contributed by atoms with van der Waals surface area (Å²) in [6, 6.07) is 8.70. The number of rotatable bonds is 5. The fourth-order valence-electron chi connectivity index (χ4n) is 1.52. The van der Waals surface area contributed by atoms with Crippen LogP contribution in [0.1, 0.15) is 4.88 Å². The minimum absolute atomic E-state index is 0.151. The molecule has 0 atom stereocenters. The van der Waals surface area contributed by atoms with Crippen molar-refractivity contribution in [2.24, 2.45) is 0 Å². The van der Waals surface area contributed by atoms with E-state index in [1.165, 1.54) is 34.5 Å². The molecule has 1 aromatic carbocycles. The van der Waals surface area contributed by atoms with Crippen LogP contribution in [0, 0.1) is 0 Å². The molecule has 7 heteroatoms. The van der Waals surface area contributed by atoms with E-state index in [2.05, 4.69) is 4.72 Å². The van der Waals surface area contributed by atoms with Crippen molar-refractivity contribution in [3.63, 3.8) is 0 Å².